The molecule has 1 amide bonds. The second kappa shape index (κ2) is 7.68. The zero-order valence-electron chi connectivity index (χ0n) is 15.5. The summed E-state index contributed by atoms with van der Waals surface area (Å²) in [5.74, 6) is -0.307. The lowest BCUT2D eigenvalue weighted by Gasteiger charge is -2.40. The van der Waals surface area contributed by atoms with E-state index in [1.54, 1.807) is 20.0 Å². The second-order valence-corrected chi connectivity index (χ2v) is 7.22. The van der Waals surface area contributed by atoms with E-state index in [1.165, 1.54) is 9.47 Å². The third-order valence-electron chi connectivity index (χ3n) is 4.67. The predicted octanol–water partition coefficient (Wildman–Crippen LogP) is 0.221. The van der Waals surface area contributed by atoms with Gasteiger partial charge in [-0.1, -0.05) is 13.8 Å². The lowest BCUT2D eigenvalue weighted by Crippen LogP contribution is -2.58. The number of aryl methyl sites for hydroxylation is 2. The summed E-state index contributed by atoms with van der Waals surface area (Å²) >= 11 is 0. The maximum Gasteiger partial charge on any atom is 0.263 e. The summed E-state index contributed by atoms with van der Waals surface area (Å²) in [5, 5.41) is 20.2. The first kappa shape index (κ1) is 19.6. The first-order chi connectivity index (χ1) is 11.6. The minimum atomic E-state index is -1.11. The molecule has 25 heavy (non-hydrogen) atoms. The standard InChI is InChI=1S/C18H28N2O5/c1-10(2)7-20(13-8-25-9-14(21)16(13)22)18(24)15-11(3)6-12(4)19(5)17(15)23/h6,10,13-14,16,21-22H,7-9H2,1-5H3/t13-,14-,16+/m1/s1. The number of aromatic nitrogens is 1. The fourth-order valence-electron chi connectivity index (χ4n) is 3.18. The third-order valence-corrected chi connectivity index (χ3v) is 4.67. The summed E-state index contributed by atoms with van der Waals surface area (Å²) in [6.07, 6.45) is -2.16. The number of aliphatic hydroxyl groups excluding tert-OH is 2. The van der Waals surface area contributed by atoms with E-state index in [9.17, 15) is 19.8 Å². The van der Waals surface area contributed by atoms with Crippen molar-refractivity contribution >= 4 is 5.91 Å². The zero-order valence-corrected chi connectivity index (χ0v) is 15.5. The lowest BCUT2D eigenvalue weighted by molar-refractivity contribution is -0.126. The molecule has 0 saturated carbocycles. The number of hydrogen-bond acceptors (Lipinski definition) is 5. The molecule has 1 aromatic rings. The molecule has 1 aliphatic rings. The van der Waals surface area contributed by atoms with Crippen molar-refractivity contribution in [3.63, 3.8) is 0 Å². The summed E-state index contributed by atoms with van der Waals surface area (Å²) in [6, 6.07) is 1.11. The fourth-order valence-corrected chi connectivity index (χ4v) is 3.18. The van der Waals surface area contributed by atoms with E-state index in [0.29, 0.717) is 12.1 Å². The Morgan fingerprint density at radius 2 is 2.00 bits per heavy atom. The molecule has 2 N–H and O–H groups in total. The molecule has 3 atom stereocenters. The van der Waals surface area contributed by atoms with Crippen LogP contribution in [0.15, 0.2) is 10.9 Å². The Balaban J connectivity index is 2.47. The molecule has 0 unspecified atom stereocenters. The molecule has 0 bridgehead atoms. The molecular formula is C18H28N2O5. The van der Waals surface area contributed by atoms with Crippen LogP contribution in [0.2, 0.25) is 0 Å². The molecule has 2 heterocycles. The first-order valence-corrected chi connectivity index (χ1v) is 8.57. The molecule has 0 spiro atoms. The number of carbonyl (C=O) groups is 1. The maximum atomic E-state index is 13.2. The topological polar surface area (TPSA) is 92.0 Å². The van der Waals surface area contributed by atoms with E-state index in [0.717, 1.165) is 5.69 Å². The van der Waals surface area contributed by atoms with E-state index in [-0.39, 0.29) is 30.3 Å². The van der Waals surface area contributed by atoms with E-state index in [1.807, 2.05) is 20.8 Å². The van der Waals surface area contributed by atoms with Crippen LogP contribution in [0, 0.1) is 19.8 Å². The van der Waals surface area contributed by atoms with Crippen LogP contribution in [0.25, 0.3) is 0 Å². The number of rotatable bonds is 4. The van der Waals surface area contributed by atoms with Crippen LogP contribution in [0.5, 0.6) is 0 Å². The molecule has 1 fully saturated rings. The van der Waals surface area contributed by atoms with Gasteiger partial charge >= 0.3 is 0 Å². The number of nitrogens with zero attached hydrogens (tertiary/aromatic N) is 2. The van der Waals surface area contributed by atoms with Crippen molar-refractivity contribution in [3.8, 4) is 0 Å². The van der Waals surface area contributed by atoms with Crippen molar-refractivity contribution in [2.45, 2.75) is 45.9 Å². The number of amides is 1. The minimum absolute atomic E-state index is 0.0344. The number of carbonyl (C=O) groups excluding carboxylic acids is 1. The maximum absolute atomic E-state index is 13.2. The van der Waals surface area contributed by atoms with Gasteiger partial charge in [-0.25, -0.2) is 0 Å². The normalized spacial score (nSPS) is 23.8. The summed E-state index contributed by atoms with van der Waals surface area (Å²) in [7, 11) is 1.63. The van der Waals surface area contributed by atoms with Crippen LogP contribution in [0.3, 0.4) is 0 Å². The van der Waals surface area contributed by atoms with Crippen molar-refractivity contribution in [1.29, 1.82) is 0 Å². The summed E-state index contributed by atoms with van der Waals surface area (Å²) in [6.45, 7) is 7.96. The van der Waals surface area contributed by atoms with Crippen LogP contribution in [0.4, 0.5) is 0 Å². The van der Waals surface area contributed by atoms with Crippen LogP contribution < -0.4 is 5.56 Å². The summed E-state index contributed by atoms with van der Waals surface area (Å²) in [4.78, 5) is 27.3. The molecule has 1 aromatic heterocycles. The molecule has 1 saturated heterocycles. The Kier molecular flexibility index (Phi) is 6.03. The molecule has 140 valence electrons. The third kappa shape index (κ3) is 3.94. The van der Waals surface area contributed by atoms with Gasteiger partial charge in [0.25, 0.3) is 11.5 Å². The van der Waals surface area contributed by atoms with Gasteiger partial charge in [-0.05, 0) is 31.4 Å². The molecule has 7 heteroatoms. The molecule has 0 aliphatic carbocycles. The molecular weight excluding hydrogens is 324 g/mol. The average Bonchev–Trinajstić information content (AvgIpc) is 2.53. The van der Waals surface area contributed by atoms with Gasteiger partial charge in [-0.2, -0.15) is 0 Å². The van der Waals surface area contributed by atoms with Gasteiger partial charge in [0.1, 0.15) is 17.8 Å². The predicted molar refractivity (Wildman–Crippen MR) is 93.7 cm³/mol. The first-order valence-electron chi connectivity index (χ1n) is 8.57. The van der Waals surface area contributed by atoms with Crippen molar-refractivity contribution < 1.29 is 19.7 Å². The highest BCUT2D eigenvalue weighted by molar-refractivity contribution is 5.95. The van der Waals surface area contributed by atoms with E-state index in [4.69, 9.17) is 4.74 Å². The minimum Gasteiger partial charge on any atom is -0.388 e. The van der Waals surface area contributed by atoms with Crippen molar-refractivity contribution in [2.24, 2.45) is 13.0 Å². The number of aliphatic hydroxyl groups is 2. The Bertz CT molecular complexity index is 697. The monoisotopic (exact) mass is 352 g/mol. The van der Waals surface area contributed by atoms with Gasteiger partial charge in [-0.3, -0.25) is 9.59 Å². The quantitative estimate of drug-likeness (QED) is 0.809. The Morgan fingerprint density at radius 3 is 2.60 bits per heavy atom. The van der Waals surface area contributed by atoms with Gasteiger partial charge in [0.2, 0.25) is 0 Å². The Morgan fingerprint density at radius 1 is 1.36 bits per heavy atom. The summed E-state index contributed by atoms with van der Waals surface area (Å²) in [5.41, 5.74) is 1.11. The second-order valence-electron chi connectivity index (χ2n) is 7.22. The smallest absolute Gasteiger partial charge is 0.263 e. The summed E-state index contributed by atoms with van der Waals surface area (Å²) < 4.78 is 6.77. The Labute approximate surface area is 147 Å². The van der Waals surface area contributed by atoms with E-state index in [2.05, 4.69) is 0 Å². The van der Waals surface area contributed by atoms with Gasteiger partial charge in [0.05, 0.1) is 19.3 Å². The highest BCUT2D eigenvalue weighted by atomic mass is 16.5. The molecule has 1 aliphatic heterocycles. The van der Waals surface area contributed by atoms with Gasteiger partial charge in [0, 0.05) is 19.3 Å². The van der Waals surface area contributed by atoms with Crippen LogP contribution >= 0.6 is 0 Å². The fraction of sp³-hybridized carbons (Fsp3) is 0.667. The molecule has 2 rings (SSSR count). The molecule has 0 radical (unpaired) electrons. The van der Waals surface area contributed by atoms with Crippen LogP contribution in [0.1, 0.15) is 35.5 Å². The van der Waals surface area contributed by atoms with Crippen LogP contribution in [-0.2, 0) is 11.8 Å². The van der Waals surface area contributed by atoms with Gasteiger partial charge in [-0.15, -0.1) is 0 Å². The number of pyridine rings is 1. The van der Waals surface area contributed by atoms with Crippen molar-refractivity contribution in [3.05, 3.63) is 33.2 Å². The van der Waals surface area contributed by atoms with E-state index < -0.39 is 24.2 Å². The van der Waals surface area contributed by atoms with E-state index >= 15 is 0 Å². The van der Waals surface area contributed by atoms with Crippen molar-refractivity contribution in [1.82, 2.24) is 9.47 Å². The largest absolute Gasteiger partial charge is 0.388 e. The van der Waals surface area contributed by atoms with Gasteiger partial charge in [0.15, 0.2) is 0 Å². The molecule has 7 nitrogen and oxygen atoms in total. The van der Waals surface area contributed by atoms with Crippen LogP contribution in [-0.4, -0.2) is 63.6 Å². The lowest BCUT2D eigenvalue weighted by atomic mass is 9.99. The number of ether oxygens (including phenoxy) is 1. The Hall–Kier alpha value is -1.70. The molecule has 0 aromatic carbocycles. The van der Waals surface area contributed by atoms with Crippen molar-refractivity contribution in [2.75, 3.05) is 19.8 Å². The average molecular weight is 352 g/mol. The SMILES string of the molecule is Cc1cc(C)n(C)c(=O)c1C(=O)N(CC(C)C)[C@@H]1COC[C@@H](O)[C@H]1O. The zero-order chi connectivity index (χ0) is 18.9. The van der Waals surface area contributed by atoms with Gasteiger partial charge < -0.3 is 24.4 Å². The highest BCUT2D eigenvalue weighted by Gasteiger charge is 2.39. The highest BCUT2D eigenvalue weighted by Crippen LogP contribution is 2.20. The number of hydrogen-bond donors (Lipinski definition) is 2.